The van der Waals surface area contributed by atoms with E-state index in [1.54, 1.807) is 36.5 Å². The smallest absolute Gasteiger partial charge is 0.269 e. The van der Waals surface area contributed by atoms with Crippen LogP contribution in [0.3, 0.4) is 0 Å². The van der Waals surface area contributed by atoms with Gasteiger partial charge in [-0.1, -0.05) is 54.1 Å². The summed E-state index contributed by atoms with van der Waals surface area (Å²) >= 11 is 0. The second kappa shape index (κ2) is 11.0. The summed E-state index contributed by atoms with van der Waals surface area (Å²) in [4.78, 5) is 4.67. The van der Waals surface area contributed by atoms with E-state index in [2.05, 4.69) is 14.8 Å². The molecular weight excluding hydrogens is 602 g/mol. The van der Waals surface area contributed by atoms with Gasteiger partial charge < -0.3 is 0 Å². The van der Waals surface area contributed by atoms with E-state index in [9.17, 15) is 21.2 Å². The minimum atomic E-state index is -4.03. The lowest BCUT2D eigenvalue weighted by molar-refractivity contribution is 0.565. The van der Waals surface area contributed by atoms with Crippen molar-refractivity contribution >= 4 is 36.8 Å². The topological polar surface area (TPSA) is 116 Å². The lowest BCUT2D eigenvalue weighted by atomic mass is 10.0. The Kier molecular flexibility index (Phi) is 7.34. The van der Waals surface area contributed by atoms with Gasteiger partial charge in [-0.05, 0) is 55.3 Å². The number of halogens is 1. The number of sulfonamides is 1. The van der Waals surface area contributed by atoms with Crippen LogP contribution in [0.4, 0.5) is 10.1 Å². The fourth-order valence-electron chi connectivity index (χ4n) is 5.03. The molecule has 0 aliphatic carbocycles. The highest BCUT2D eigenvalue weighted by Gasteiger charge is 2.24. The molecule has 0 amide bonds. The van der Waals surface area contributed by atoms with Crippen molar-refractivity contribution in [3.63, 3.8) is 0 Å². The maximum Gasteiger partial charge on any atom is 0.269 e. The number of aromatic nitrogens is 4. The van der Waals surface area contributed by atoms with E-state index >= 15 is 0 Å². The molecule has 0 saturated carbocycles. The van der Waals surface area contributed by atoms with Crippen LogP contribution in [0, 0.1) is 12.7 Å². The Bertz CT molecular complexity index is 2230. The number of pyridine rings is 1. The number of anilines is 1. The molecule has 224 valence electrons. The Morgan fingerprint density at radius 3 is 2.27 bits per heavy atom. The van der Waals surface area contributed by atoms with Crippen molar-refractivity contribution in [3.8, 4) is 22.3 Å². The molecule has 1 N–H and O–H groups in total. The van der Waals surface area contributed by atoms with Crippen LogP contribution in [0.5, 0.6) is 0 Å². The van der Waals surface area contributed by atoms with Gasteiger partial charge in [-0.25, -0.2) is 30.2 Å². The number of benzene rings is 3. The standard InChI is InChI=1S/C32H28FN5O4S2/c1-21-9-12-27(13-10-21)44(41,42)38-20-29(26-18-35-37(19-26)22(2)23-7-5-4-6-8-23)28-15-25(17-34-32(28)38)24-11-14-30(33)31(16-24)36-43(3,39)40/h4-20,22,36H,1-3H3. The third-order valence-electron chi connectivity index (χ3n) is 7.38. The van der Waals surface area contributed by atoms with Crippen molar-refractivity contribution < 1.29 is 21.2 Å². The van der Waals surface area contributed by atoms with Gasteiger partial charge >= 0.3 is 0 Å². The zero-order valence-corrected chi connectivity index (χ0v) is 25.6. The minimum absolute atomic E-state index is 0.0803. The van der Waals surface area contributed by atoms with Crippen molar-refractivity contribution in [2.75, 3.05) is 11.0 Å². The Morgan fingerprint density at radius 1 is 0.841 bits per heavy atom. The predicted octanol–water partition coefficient (Wildman–Crippen LogP) is 6.23. The summed E-state index contributed by atoms with van der Waals surface area (Å²) in [5.41, 5.74) is 4.25. The molecule has 0 aliphatic heterocycles. The highest BCUT2D eigenvalue weighted by Crippen LogP contribution is 2.36. The van der Waals surface area contributed by atoms with Gasteiger partial charge in [0.15, 0.2) is 5.65 Å². The minimum Gasteiger partial charge on any atom is -0.281 e. The summed E-state index contributed by atoms with van der Waals surface area (Å²) < 4.78 is 70.9. The number of aryl methyl sites for hydroxylation is 1. The molecule has 3 aromatic heterocycles. The Balaban J connectivity index is 1.52. The molecule has 0 saturated heterocycles. The van der Waals surface area contributed by atoms with Crippen LogP contribution in [0.2, 0.25) is 0 Å². The zero-order valence-electron chi connectivity index (χ0n) is 24.0. The van der Waals surface area contributed by atoms with E-state index in [0.717, 1.165) is 27.4 Å². The molecule has 0 fully saturated rings. The molecule has 9 nitrogen and oxygen atoms in total. The zero-order chi connectivity index (χ0) is 31.2. The van der Waals surface area contributed by atoms with Crippen molar-refractivity contribution in [2.45, 2.75) is 24.8 Å². The van der Waals surface area contributed by atoms with Crippen molar-refractivity contribution in [1.29, 1.82) is 0 Å². The largest absolute Gasteiger partial charge is 0.281 e. The van der Waals surface area contributed by atoms with E-state index in [1.807, 2.05) is 55.1 Å². The molecule has 0 radical (unpaired) electrons. The third kappa shape index (κ3) is 5.61. The molecule has 6 rings (SSSR count). The summed E-state index contributed by atoms with van der Waals surface area (Å²) in [6, 6.07) is 22.2. The molecule has 1 atom stereocenters. The first-order valence-electron chi connectivity index (χ1n) is 13.6. The van der Waals surface area contributed by atoms with Crippen LogP contribution >= 0.6 is 0 Å². The van der Waals surface area contributed by atoms with Crippen LogP contribution in [0.1, 0.15) is 24.1 Å². The van der Waals surface area contributed by atoms with Gasteiger partial charge in [-0.3, -0.25) is 9.40 Å². The number of hydrogen-bond acceptors (Lipinski definition) is 6. The number of hydrogen-bond donors (Lipinski definition) is 1. The van der Waals surface area contributed by atoms with Crippen LogP contribution < -0.4 is 4.72 Å². The summed E-state index contributed by atoms with van der Waals surface area (Å²) in [5, 5.41) is 5.10. The fourth-order valence-corrected chi connectivity index (χ4v) is 6.91. The van der Waals surface area contributed by atoms with Crippen LogP contribution in [-0.4, -0.2) is 41.8 Å². The summed E-state index contributed by atoms with van der Waals surface area (Å²) in [5.74, 6) is -0.732. The van der Waals surface area contributed by atoms with E-state index in [0.29, 0.717) is 27.6 Å². The molecule has 0 spiro atoms. The number of rotatable bonds is 8. The van der Waals surface area contributed by atoms with E-state index in [-0.39, 0.29) is 22.3 Å². The van der Waals surface area contributed by atoms with Gasteiger partial charge in [0.1, 0.15) is 5.82 Å². The van der Waals surface area contributed by atoms with Crippen molar-refractivity contribution in [3.05, 3.63) is 121 Å². The maximum absolute atomic E-state index is 14.4. The average Bonchev–Trinajstić information content (AvgIpc) is 3.63. The molecule has 12 heteroatoms. The van der Waals surface area contributed by atoms with Gasteiger partial charge in [0.25, 0.3) is 10.0 Å². The highest BCUT2D eigenvalue weighted by molar-refractivity contribution is 7.92. The predicted molar refractivity (Wildman–Crippen MR) is 169 cm³/mol. The average molecular weight is 630 g/mol. The van der Waals surface area contributed by atoms with Gasteiger partial charge in [0.05, 0.1) is 29.1 Å². The molecule has 3 aromatic carbocycles. The Labute approximate surface area is 254 Å². The summed E-state index contributed by atoms with van der Waals surface area (Å²) in [6.45, 7) is 3.90. The number of nitrogens with one attached hydrogen (secondary N) is 1. The molecule has 0 aliphatic rings. The molecular formula is C32H28FN5O4S2. The first-order valence-corrected chi connectivity index (χ1v) is 16.9. The van der Waals surface area contributed by atoms with E-state index in [1.165, 1.54) is 24.5 Å². The first kappa shape index (κ1) is 29.3. The lowest BCUT2D eigenvalue weighted by Gasteiger charge is -2.12. The first-order chi connectivity index (χ1) is 20.9. The molecule has 0 bridgehead atoms. The molecule has 44 heavy (non-hydrogen) atoms. The molecule has 1 unspecified atom stereocenters. The van der Waals surface area contributed by atoms with E-state index in [4.69, 9.17) is 0 Å². The van der Waals surface area contributed by atoms with Gasteiger partial charge in [-0.15, -0.1) is 0 Å². The van der Waals surface area contributed by atoms with Crippen LogP contribution in [0.15, 0.2) is 109 Å². The summed E-state index contributed by atoms with van der Waals surface area (Å²) in [7, 11) is -7.76. The third-order valence-corrected chi connectivity index (χ3v) is 9.63. The Hall–Kier alpha value is -4.81. The highest BCUT2D eigenvalue weighted by atomic mass is 32.2. The lowest BCUT2D eigenvalue weighted by Crippen LogP contribution is -2.12. The van der Waals surface area contributed by atoms with Gasteiger partial charge in [-0.2, -0.15) is 5.10 Å². The number of fused-ring (bicyclic) bond motifs is 1. The maximum atomic E-state index is 14.4. The quantitative estimate of drug-likeness (QED) is 0.213. The SMILES string of the molecule is Cc1ccc(S(=O)(=O)n2cc(-c3cnn(C(C)c4ccccc4)c3)c3cc(-c4ccc(F)c(NS(C)(=O)=O)c4)cnc32)cc1. The van der Waals surface area contributed by atoms with Crippen LogP contribution in [0.25, 0.3) is 33.3 Å². The van der Waals surface area contributed by atoms with Gasteiger partial charge in [0.2, 0.25) is 10.0 Å². The normalized spacial score (nSPS) is 12.8. The summed E-state index contributed by atoms with van der Waals surface area (Å²) in [6.07, 6.45) is 7.48. The monoisotopic (exact) mass is 629 g/mol. The molecule has 3 heterocycles. The van der Waals surface area contributed by atoms with Crippen molar-refractivity contribution in [2.24, 2.45) is 0 Å². The van der Waals surface area contributed by atoms with Gasteiger partial charge in [0, 0.05) is 40.7 Å². The van der Waals surface area contributed by atoms with Crippen molar-refractivity contribution in [1.82, 2.24) is 18.7 Å². The van der Waals surface area contributed by atoms with Crippen LogP contribution in [-0.2, 0) is 20.0 Å². The fraction of sp³-hybridized carbons (Fsp3) is 0.125. The Morgan fingerprint density at radius 2 is 1.57 bits per heavy atom. The molecule has 6 aromatic rings. The second-order valence-corrected chi connectivity index (χ2v) is 14.2. The number of nitrogens with zero attached hydrogens (tertiary/aromatic N) is 4. The van der Waals surface area contributed by atoms with E-state index < -0.39 is 25.9 Å². The second-order valence-electron chi connectivity index (χ2n) is 10.6.